The van der Waals surface area contributed by atoms with Crippen molar-refractivity contribution in [3.63, 3.8) is 0 Å². The number of hydrogen-bond donors (Lipinski definition) is 2. The van der Waals surface area contributed by atoms with Crippen LogP contribution in [-0.4, -0.2) is 23.7 Å². The van der Waals surface area contributed by atoms with Crippen molar-refractivity contribution in [3.8, 4) is 5.88 Å². The number of aliphatic hydroxyl groups excluding tert-OH is 1. The number of ether oxygens (including phenoxy) is 1. The molecule has 0 spiro atoms. The van der Waals surface area contributed by atoms with Gasteiger partial charge in [0.2, 0.25) is 5.88 Å². The van der Waals surface area contributed by atoms with E-state index in [4.69, 9.17) is 10.5 Å². The molecule has 1 aromatic carbocycles. The molecule has 0 radical (unpaired) electrons. The SMILES string of the molecule is COc1cccc(C(O)C2(CN)Cc3ccccc3C2)n1. The van der Waals surface area contributed by atoms with Crippen LogP contribution >= 0.6 is 0 Å². The van der Waals surface area contributed by atoms with Crippen molar-refractivity contribution in [1.29, 1.82) is 0 Å². The predicted octanol–water partition coefficient (Wildman–Crippen LogP) is 1.87. The summed E-state index contributed by atoms with van der Waals surface area (Å²) < 4.78 is 5.14. The first-order valence-corrected chi connectivity index (χ1v) is 7.14. The van der Waals surface area contributed by atoms with Crippen molar-refractivity contribution in [1.82, 2.24) is 4.98 Å². The van der Waals surface area contributed by atoms with E-state index in [9.17, 15) is 5.11 Å². The molecule has 0 bridgehead atoms. The lowest BCUT2D eigenvalue weighted by atomic mass is 9.77. The second kappa shape index (κ2) is 5.47. The zero-order valence-corrected chi connectivity index (χ0v) is 12.1. The Morgan fingerprint density at radius 3 is 2.43 bits per heavy atom. The van der Waals surface area contributed by atoms with Gasteiger partial charge in [0.15, 0.2) is 0 Å². The van der Waals surface area contributed by atoms with Crippen molar-refractivity contribution >= 4 is 0 Å². The Morgan fingerprint density at radius 1 is 1.19 bits per heavy atom. The van der Waals surface area contributed by atoms with E-state index in [0.717, 1.165) is 12.8 Å². The Kier molecular flexibility index (Phi) is 3.66. The van der Waals surface area contributed by atoms with Gasteiger partial charge in [-0.25, -0.2) is 4.98 Å². The standard InChI is InChI=1S/C17H20N2O2/c1-21-15-8-4-7-14(19-15)16(20)17(11-18)9-12-5-2-3-6-13(12)10-17/h2-8,16,20H,9-11,18H2,1H3. The minimum Gasteiger partial charge on any atom is -0.481 e. The van der Waals surface area contributed by atoms with Gasteiger partial charge in [-0.05, 0) is 30.0 Å². The average Bonchev–Trinajstić information content (AvgIpc) is 2.94. The molecular formula is C17H20N2O2. The molecule has 0 saturated heterocycles. The van der Waals surface area contributed by atoms with E-state index in [1.165, 1.54) is 11.1 Å². The number of benzene rings is 1. The zero-order valence-electron chi connectivity index (χ0n) is 12.1. The Morgan fingerprint density at radius 2 is 1.86 bits per heavy atom. The van der Waals surface area contributed by atoms with Crippen molar-refractivity contribution in [2.45, 2.75) is 18.9 Å². The first kappa shape index (κ1) is 14.0. The molecule has 1 aliphatic rings. The maximum absolute atomic E-state index is 10.9. The molecule has 0 saturated carbocycles. The lowest BCUT2D eigenvalue weighted by Crippen LogP contribution is -2.38. The van der Waals surface area contributed by atoms with Crippen LogP contribution in [0.3, 0.4) is 0 Å². The second-order valence-corrected chi connectivity index (χ2v) is 5.70. The Labute approximate surface area is 124 Å². The summed E-state index contributed by atoms with van der Waals surface area (Å²) in [5.41, 5.74) is 8.81. The fraction of sp³-hybridized carbons (Fsp3) is 0.353. The Hall–Kier alpha value is -1.91. The molecule has 1 aromatic heterocycles. The smallest absolute Gasteiger partial charge is 0.213 e. The van der Waals surface area contributed by atoms with Gasteiger partial charge in [0, 0.05) is 18.0 Å². The number of methoxy groups -OCH3 is 1. The highest BCUT2D eigenvalue weighted by molar-refractivity contribution is 5.36. The summed E-state index contributed by atoms with van der Waals surface area (Å²) in [6, 6.07) is 13.7. The zero-order chi connectivity index (χ0) is 14.9. The predicted molar refractivity (Wildman–Crippen MR) is 81.1 cm³/mol. The van der Waals surface area contributed by atoms with Gasteiger partial charge in [0.05, 0.1) is 12.8 Å². The van der Waals surface area contributed by atoms with Gasteiger partial charge >= 0.3 is 0 Å². The van der Waals surface area contributed by atoms with Crippen LogP contribution in [0.5, 0.6) is 5.88 Å². The third kappa shape index (κ3) is 2.41. The molecule has 1 aliphatic carbocycles. The maximum Gasteiger partial charge on any atom is 0.213 e. The van der Waals surface area contributed by atoms with Crippen LogP contribution in [0.1, 0.15) is 22.9 Å². The third-order valence-electron chi connectivity index (χ3n) is 4.42. The maximum atomic E-state index is 10.9. The molecule has 4 nitrogen and oxygen atoms in total. The van der Waals surface area contributed by atoms with Gasteiger partial charge in [0.25, 0.3) is 0 Å². The number of hydrogen-bond acceptors (Lipinski definition) is 4. The molecule has 3 rings (SSSR count). The van der Waals surface area contributed by atoms with Crippen molar-refractivity contribution in [2.24, 2.45) is 11.1 Å². The molecule has 0 aliphatic heterocycles. The molecule has 1 heterocycles. The quantitative estimate of drug-likeness (QED) is 0.899. The van der Waals surface area contributed by atoms with E-state index in [2.05, 4.69) is 17.1 Å². The monoisotopic (exact) mass is 284 g/mol. The highest BCUT2D eigenvalue weighted by Crippen LogP contribution is 2.44. The number of nitrogens with two attached hydrogens (primary N) is 1. The fourth-order valence-electron chi connectivity index (χ4n) is 3.18. The molecular weight excluding hydrogens is 264 g/mol. The van der Waals surface area contributed by atoms with Crippen molar-refractivity contribution < 1.29 is 9.84 Å². The molecule has 21 heavy (non-hydrogen) atoms. The van der Waals surface area contributed by atoms with Crippen LogP contribution in [0, 0.1) is 5.41 Å². The summed E-state index contributed by atoms with van der Waals surface area (Å²) >= 11 is 0. The largest absolute Gasteiger partial charge is 0.481 e. The highest BCUT2D eigenvalue weighted by Gasteiger charge is 2.43. The molecule has 1 unspecified atom stereocenters. The van der Waals surface area contributed by atoms with E-state index < -0.39 is 6.10 Å². The van der Waals surface area contributed by atoms with Crippen LogP contribution in [0.15, 0.2) is 42.5 Å². The molecule has 0 amide bonds. The Balaban J connectivity index is 1.94. The number of aliphatic hydroxyl groups is 1. The number of fused-ring (bicyclic) bond motifs is 1. The van der Waals surface area contributed by atoms with E-state index in [1.54, 1.807) is 13.2 Å². The van der Waals surface area contributed by atoms with Gasteiger partial charge in [0.1, 0.15) is 6.10 Å². The third-order valence-corrected chi connectivity index (χ3v) is 4.42. The van der Waals surface area contributed by atoms with E-state index >= 15 is 0 Å². The van der Waals surface area contributed by atoms with Crippen LogP contribution in [0.4, 0.5) is 0 Å². The lowest BCUT2D eigenvalue weighted by molar-refractivity contribution is 0.0320. The fourth-order valence-corrected chi connectivity index (χ4v) is 3.18. The summed E-state index contributed by atoms with van der Waals surface area (Å²) in [5, 5.41) is 10.9. The van der Waals surface area contributed by atoms with Crippen LogP contribution < -0.4 is 10.5 Å². The molecule has 4 heteroatoms. The number of nitrogens with zero attached hydrogens (tertiary/aromatic N) is 1. The van der Waals surface area contributed by atoms with Gasteiger partial charge in [-0.2, -0.15) is 0 Å². The average molecular weight is 284 g/mol. The summed E-state index contributed by atoms with van der Waals surface area (Å²) in [5.74, 6) is 0.509. The number of pyridine rings is 1. The van der Waals surface area contributed by atoms with Gasteiger partial charge in [-0.15, -0.1) is 0 Å². The molecule has 2 aromatic rings. The molecule has 110 valence electrons. The van der Waals surface area contributed by atoms with Crippen molar-refractivity contribution in [2.75, 3.05) is 13.7 Å². The number of rotatable bonds is 4. The van der Waals surface area contributed by atoms with Gasteiger partial charge in [-0.3, -0.25) is 0 Å². The highest BCUT2D eigenvalue weighted by atomic mass is 16.5. The number of aromatic nitrogens is 1. The first-order valence-electron chi connectivity index (χ1n) is 7.14. The second-order valence-electron chi connectivity index (χ2n) is 5.70. The van der Waals surface area contributed by atoms with Crippen LogP contribution in [0.2, 0.25) is 0 Å². The molecule has 0 fully saturated rings. The van der Waals surface area contributed by atoms with Crippen LogP contribution in [0.25, 0.3) is 0 Å². The summed E-state index contributed by atoms with van der Waals surface area (Å²) in [7, 11) is 1.57. The van der Waals surface area contributed by atoms with Crippen molar-refractivity contribution in [3.05, 3.63) is 59.3 Å². The van der Waals surface area contributed by atoms with E-state index in [-0.39, 0.29) is 5.41 Å². The topological polar surface area (TPSA) is 68.4 Å². The molecule has 3 N–H and O–H groups in total. The minimum absolute atomic E-state index is 0.386. The summed E-state index contributed by atoms with van der Waals surface area (Å²) in [6.45, 7) is 0.418. The van der Waals surface area contributed by atoms with Gasteiger partial charge in [-0.1, -0.05) is 30.3 Å². The van der Waals surface area contributed by atoms with E-state index in [0.29, 0.717) is 18.1 Å². The normalized spacial score (nSPS) is 17.3. The first-order chi connectivity index (χ1) is 10.2. The summed E-state index contributed by atoms with van der Waals surface area (Å²) in [6.07, 6.45) is 0.851. The Bertz CT molecular complexity index is 617. The summed E-state index contributed by atoms with van der Waals surface area (Å²) in [4.78, 5) is 4.36. The van der Waals surface area contributed by atoms with Gasteiger partial charge < -0.3 is 15.6 Å². The lowest BCUT2D eigenvalue weighted by Gasteiger charge is -2.32. The minimum atomic E-state index is -0.704. The molecule has 1 atom stereocenters. The van der Waals surface area contributed by atoms with Crippen LogP contribution in [-0.2, 0) is 12.8 Å². The van der Waals surface area contributed by atoms with E-state index in [1.807, 2.05) is 24.3 Å².